The molecule has 0 fully saturated rings. The van der Waals surface area contributed by atoms with Crippen LogP contribution in [0.4, 0.5) is 0 Å². The maximum Gasteiger partial charge on any atom is 0.151 e. The van der Waals surface area contributed by atoms with Gasteiger partial charge in [0, 0.05) is 5.33 Å². The molecule has 0 rings (SSSR count). The number of alkyl halides is 1. The van der Waals surface area contributed by atoms with E-state index in [0.717, 1.165) is 0 Å². The second-order valence-corrected chi connectivity index (χ2v) is 2.98. The summed E-state index contributed by atoms with van der Waals surface area (Å²) in [5, 5.41) is 35.8. The van der Waals surface area contributed by atoms with Gasteiger partial charge in [-0.05, 0) is 0 Å². The summed E-state index contributed by atoms with van der Waals surface area (Å²) in [6.07, 6.45) is -5.99. The van der Waals surface area contributed by atoms with Gasteiger partial charge < -0.3 is 25.2 Å². The second-order valence-electron chi connectivity index (χ2n) is 2.33. The van der Waals surface area contributed by atoms with Gasteiger partial charge in [0.25, 0.3) is 0 Å². The lowest BCUT2D eigenvalue weighted by atomic mass is 10.1. The van der Waals surface area contributed by atoms with E-state index < -0.39 is 24.4 Å². The first kappa shape index (κ1) is 12.0. The fourth-order valence-corrected chi connectivity index (χ4v) is 0.984. The highest BCUT2D eigenvalue weighted by molar-refractivity contribution is 9.09. The first-order valence-corrected chi connectivity index (χ1v) is 4.40. The Morgan fingerprint density at radius 2 is 1.67 bits per heavy atom. The SMILES string of the molecule is O=C[C@H](O)[C@@H](O)[C@@H](O)[C@H](O)CBr. The number of aliphatic hydroxyl groups excluding tert-OH is 4. The van der Waals surface area contributed by atoms with Crippen LogP contribution in [-0.2, 0) is 4.79 Å². The van der Waals surface area contributed by atoms with Gasteiger partial charge in [-0.25, -0.2) is 0 Å². The quantitative estimate of drug-likeness (QED) is 0.331. The molecule has 0 aliphatic rings. The summed E-state index contributed by atoms with van der Waals surface area (Å²) in [5.41, 5.74) is 0. The van der Waals surface area contributed by atoms with Crippen LogP contribution in [0.5, 0.6) is 0 Å². The smallest absolute Gasteiger partial charge is 0.151 e. The highest BCUT2D eigenvalue weighted by atomic mass is 79.9. The third-order valence-electron chi connectivity index (χ3n) is 1.39. The van der Waals surface area contributed by atoms with E-state index in [9.17, 15) is 4.79 Å². The average Bonchev–Trinajstić information content (AvgIpc) is 2.12. The van der Waals surface area contributed by atoms with E-state index in [1.807, 2.05) is 0 Å². The van der Waals surface area contributed by atoms with E-state index in [1.165, 1.54) is 0 Å². The first-order valence-electron chi connectivity index (χ1n) is 3.28. The van der Waals surface area contributed by atoms with Gasteiger partial charge in [-0.3, -0.25) is 0 Å². The Labute approximate surface area is 77.8 Å². The topological polar surface area (TPSA) is 98.0 Å². The van der Waals surface area contributed by atoms with Crippen molar-refractivity contribution in [1.82, 2.24) is 0 Å². The molecule has 0 aromatic heterocycles. The Hall–Kier alpha value is -0.01000. The van der Waals surface area contributed by atoms with Crippen LogP contribution in [0.2, 0.25) is 0 Å². The van der Waals surface area contributed by atoms with Crippen LogP contribution < -0.4 is 0 Å². The average molecular weight is 243 g/mol. The van der Waals surface area contributed by atoms with E-state index in [0.29, 0.717) is 0 Å². The number of halogens is 1. The lowest BCUT2D eigenvalue weighted by Gasteiger charge is -2.22. The van der Waals surface area contributed by atoms with Gasteiger partial charge in [-0.15, -0.1) is 0 Å². The van der Waals surface area contributed by atoms with Crippen molar-refractivity contribution in [2.24, 2.45) is 0 Å². The Kier molecular flexibility index (Phi) is 5.60. The molecule has 0 saturated heterocycles. The number of aliphatic hydroxyl groups is 4. The van der Waals surface area contributed by atoms with Crippen molar-refractivity contribution in [2.75, 3.05) is 5.33 Å². The lowest BCUT2D eigenvalue weighted by molar-refractivity contribution is -0.131. The maximum absolute atomic E-state index is 9.95. The third kappa shape index (κ3) is 3.16. The first-order chi connectivity index (χ1) is 5.54. The van der Waals surface area contributed by atoms with Crippen LogP contribution in [0.25, 0.3) is 0 Å². The molecule has 0 unspecified atom stereocenters. The zero-order chi connectivity index (χ0) is 9.72. The van der Waals surface area contributed by atoms with E-state index in [2.05, 4.69) is 15.9 Å². The van der Waals surface area contributed by atoms with Crippen molar-refractivity contribution in [1.29, 1.82) is 0 Å². The fraction of sp³-hybridized carbons (Fsp3) is 0.833. The standard InChI is InChI=1S/C6H11BrO5/c7-1-3(9)5(11)6(12)4(10)2-8/h2-6,9-12H,1H2/t3-,4+,5+,6-/m1/s1. The van der Waals surface area contributed by atoms with E-state index in [1.54, 1.807) is 0 Å². The molecule has 0 aliphatic heterocycles. The molecule has 12 heavy (non-hydrogen) atoms. The molecule has 0 heterocycles. The van der Waals surface area contributed by atoms with Gasteiger partial charge in [-0.2, -0.15) is 0 Å². The van der Waals surface area contributed by atoms with Gasteiger partial charge in [-0.1, -0.05) is 15.9 Å². The van der Waals surface area contributed by atoms with Crippen LogP contribution in [0.1, 0.15) is 0 Å². The van der Waals surface area contributed by atoms with Gasteiger partial charge >= 0.3 is 0 Å². The molecule has 6 heteroatoms. The van der Waals surface area contributed by atoms with Crippen LogP contribution in [0.3, 0.4) is 0 Å². The molecule has 0 bridgehead atoms. The fourth-order valence-electron chi connectivity index (χ4n) is 0.601. The molecule has 0 aromatic rings. The minimum Gasteiger partial charge on any atom is -0.389 e. The van der Waals surface area contributed by atoms with Crippen molar-refractivity contribution in [2.45, 2.75) is 24.4 Å². The summed E-state index contributed by atoms with van der Waals surface area (Å²) in [5.74, 6) is 0. The highest BCUT2D eigenvalue weighted by Crippen LogP contribution is 2.05. The number of rotatable bonds is 5. The molecule has 4 N–H and O–H groups in total. The predicted molar refractivity (Wildman–Crippen MR) is 43.9 cm³/mol. The normalized spacial score (nSPS) is 21.1. The van der Waals surface area contributed by atoms with Gasteiger partial charge in [0.2, 0.25) is 0 Å². The van der Waals surface area contributed by atoms with Crippen LogP contribution in [-0.4, -0.2) is 56.5 Å². The summed E-state index contributed by atoms with van der Waals surface area (Å²) >= 11 is 2.86. The van der Waals surface area contributed by atoms with Gasteiger partial charge in [0.05, 0.1) is 6.10 Å². The maximum atomic E-state index is 9.95. The molecule has 0 aliphatic carbocycles. The van der Waals surface area contributed by atoms with Crippen LogP contribution >= 0.6 is 15.9 Å². The molecule has 0 aromatic carbocycles. The lowest BCUT2D eigenvalue weighted by Crippen LogP contribution is -2.45. The number of hydrogen-bond donors (Lipinski definition) is 4. The third-order valence-corrected chi connectivity index (χ3v) is 2.05. The summed E-state index contributed by atoms with van der Waals surface area (Å²) in [6, 6.07) is 0. The zero-order valence-electron chi connectivity index (χ0n) is 6.17. The predicted octanol–water partition coefficient (Wildman–Crippen LogP) is -1.98. The Morgan fingerprint density at radius 3 is 2.00 bits per heavy atom. The molecule has 5 nitrogen and oxygen atoms in total. The summed E-state index contributed by atoms with van der Waals surface area (Å²) in [7, 11) is 0. The van der Waals surface area contributed by atoms with Crippen molar-refractivity contribution in [3.05, 3.63) is 0 Å². The molecule has 0 spiro atoms. The van der Waals surface area contributed by atoms with Gasteiger partial charge in [0.1, 0.15) is 18.3 Å². The molecule has 4 atom stereocenters. The van der Waals surface area contributed by atoms with E-state index in [-0.39, 0.29) is 11.6 Å². The summed E-state index contributed by atoms with van der Waals surface area (Å²) in [4.78, 5) is 9.95. The monoisotopic (exact) mass is 242 g/mol. The van der Waals surface area contributed by atoms with E-state index in [4.69, 9.17) is 20.4 Å². The van der Waals surface area contributed by atoms with Crippen molar-refractivity contribution < 1.29 is 25.2 Å². The molecule has 0 saturated carbocycles. The number of carbonyl (C=O) groups is 1. The van der Waals surface area contributed by atoms with Crippen LogP contribution in [0, 0.1) is 0 Å². The Bertz CT molecular complexity index is 142. The molecular weight excluding hydrogens is 232 g/mol. The van der Waals surface area contributed by atoms with Crippen molar-refractivity contribution >= 4 is 22.2 Å². The van der Waals surface area contributed by atoms with Crippen LogP contribution in [0.15, 0.2) is 0 Å². The number of carbonyl (C=O) groups excluding carboxylic acids is 1. The molecule has 0 radical (unpaired) electrons. The molecule has 0 amide bonds. The minimum atomic E-state index is -1.67. The number of hydrogen-bond acceptors (Lipinski definition) is 5. The minimum absolute atomic E-state index is 0.0524. The van der Waals surface area contributed by atoms with Gasteiger partial charge in [0.15, 0.2) is 6.29 Å². The Balaban J connectivity index is 4.07. The molecule has 72 valence electrons. The zero-order valence-corrected chi connectivity index (χ0v) is 7.75. The van der Waals surface area contributed by atoms with E-state index >= 15 is 0 Å². The summed E-state index contributed by atoms with van der Waals surface area (Å²) < 4.78 is 0. The second kappa shape index (κ2) is 5.60. The van der Waals surface area contributed by atoms with Crippen molar-refractivity contribution in [3.63, 3.8) is 0 Å². The largest absolute Gasteiger partial charge is 0.389 e. The molecular formula is C6H11BrO5. The van der Waals surface area contributed by atoms with Crippen molar-refractivity contribution in [3.8, 4) is 0 Å². The summed E-state index contributed by atoms with van der Waals surface area (Å²) in [6.45, 7) is 0. The Morgan fingerprint density at radius 1 is 1.17 bits per heavy atom. The number of aldehydes is 1. The highest BCUT2D eigenvalue weighted by Gasteiger charge is 2.29.